The Morgan fingerprint density at radius 1 is 1.26 bits per heavy atom. The molecule has 1 aliphatic carbocycles. The first kappa shape index (κ1) is 23.8. The standard InChI is InChI=1S/C23H35NO7/c1-22(2,3)31-21(27)24-18(13-15-5-7-16(28-4)8-6-15)20(26)17-14-23(10-9-19(17)25)29-11-12-30-23/h5-8,17-20,25-26H,9-14H2,1-4H3,(H,24,27)/t17-,18-,19-,20-/m0/s1. The van der Waals surface area contributed by atoms with Gasteiger partial charge < -0.3 is 34.5 Å². The number of carbonyl (C=O) groups excluding carboxylic acids is 1. The summed E-state index contributed by atoms with van der Waals surface area (Å²) in [7, 11) is 1.60. The molecule has 0 aromatic heterocycles. The monoisotopic (exact) mass is 437 g/mol. The van der Waals surface area contributed by atoms with Crippen molar-refractivity contribution in [3.8, 4) is 5.75 Å². The molecule has 1 aromatic carbocycles. The zero-order valence-electron chi connectivity index (χ0n) is 18.8. The van der Waals surface area contributed by atoms with Crippen molar-refractivity contribution < 1.29 is 34.0 Å². The Hall–Kier alpha value is -1.87. The Kier molecular flexibility index (Phi) is 7.47. The predicted molar refractivity (Wildman–Crippen MR) is 114 cm³/mol. The van der Waals surface area contributed by atoms with Crippen molar-refractivity contribution >= 4 is 6.09 Å². The third kappa shape index (κ3) is 6.32. The van der Waals surface area contributed by atoms with E-state index in [1.54, 1.807) is 27.9 Å². The quantitative estimate of drug-likeness (QED) is 0.627. The Morgan fingerprint density at radius 3 is 2.48 bits per heavy atom. The highest BCUT2D eigenvalue weighted by molar-refractivity contribution is 5.68. The normalized spacial score (nSPS) is 25.1. The third-order valence-electron chi connectivity index (χ3n) is 5.84. The summed E-state index contributed by atoms with van der Waals surface area (Å²) in [5, 5.41) is 24.8. The average molecular weight is 438 g/mol. The van der Waals surface area contributed by atoms with E-state index in [0.29, 0.717) is 38.9 Å². The molecule has 4 atom stereocenters. The van der Waals surface area contributed by atoms with Crippen molar-refractivity contribution in [1.82, 2.24) is 5.32 Å². The van der Waals surface area contributed by atoms with Crippen LogP contribution in [-0.4, -0.2) is 66.3 Å². The Labute approximate surface area is 183 Å². The van der Waals surface area contributed by atoms with E-state index in [2.05, 4.69) is 5.32 Å². The first-order valence-electron chi connectivity index (χ1n) is 10.9. The van der Waals surface area contributed by atoms with Crippen molar-refractivity contribution in [2.75, 3.05) is 20.3 Å². The molecule has 1 aliphatic heterocycles. The molecule has 1 saturated heterocycles. The number of alkyl carbamates (subject to hydrolysis) is 1. The van der Waals surface area contributed by atoms with Gasteiger partial charge in [0.15, 0.2) is 5.79 Å². The molecule has 0 radical (unpaired) electrons. The fraction of sp³-hybridized carbons (Fsp3) is 0.696. The van der Waals surface area contributed by atoms with E-state index in [9.17, 15) is 15.0 Å². The van der Waals surface area contributed by atoms with E-state index in [1.807, 2.05) is 24.3 Å². The summed E-state index contributed by atoms with van der Waals surface area (Å²) in [4.78, 5) is 12.5. The van der Waals surface area contributed by atoms with Gasteiger partial charge in [0.1, 0.15) is 11.4 Å². The number of aliphatic hydroxyl groups is 2. The lowest BCUT2D eigenvalue weighted by atomic mass is 9.76. The number of methoxy groups -OCH3 is 1. The molecule has 8 nitrogen and oxygen atoms in total. The fourth-order valence-electron chi connectivity index (χ4n) is 4.32. The molecule has 174 valence electrons. The third-order valence-corrected chi connectivity index (χ3v) is 5.84. The van der Waals surface area contributed by atoms with Crippen LogP contribution in [-0.2, 0) is 20.6 Å². The van der Waals surface area contributed by atoms with Crippen LogP contribution in [0, 0.1) is 5.92 Å². The van der Waals surface area contributed by atoms with Crippen molar-refractivity contribution in [3.05, 3.63) is 29.8 Å². The van der Waals surface area contributed by atoms with Crippen LogP contribution in [0.2, 0.25) is 0 Å². The number of carbonyl (C=O) groups is 1. The van der Waals surface area contributed by atoms with E-state index in [4.69, 9.17) is 18.9 Å². The lowest BCUT2D eigenvalue weighted by Gasteiger charge is -2.42. The summed E-state index contributed by atoms with van der Waals surface area (Å²) in [6, 6.07) is 6.77. The predicted octanol–water partition coefficient (Wildman–Crippen LogP) is 2.40. The Morgan fingerprint density at radius 2 is 1.90 bits per heavy atom. The van der Waals surface area contributed by atoms with Crippen molar-refractivity contribution in [2.24, 2.45) is 5.92 Å². The second-order valence-electron chi connectivity index (χ2n) is 9.38. The first-order chi connectivity index (χ1) is 14.6. The maximum atomic E-state index is 12.5. The van der Waals surface area contributed by atoms with Gasteiger partial charge in [0, 0.05) is 18.8 Å². The molecule has 3 N–H and O–H groups in total. The summed E-state index contributed by atoms with van der Waals surface area (Å²) in [6.45, 7) is 6.36. The molecule has 1 aromatic rings. The number of nitrogens with one attached hydrogen (secondary N) is 1. The van der Waals surface area contributed by atoms with Gasteiger partial charge in [-0.05, 0) is 51.3 Å². The highest BCUT2D eigenvalue weighted by atomic mass is 16.7. The summed E-state index contributed by atoms with van der Waals surface area (Å²) in [6.07, 6.45) is -0.573. The van der Waals surface area contributed by atoms with Crippen LogP contribution in [0.5, 0.6) is 5.75 Å². The number of amides is 1. The number of hydrogen-bond donors (Lipinski definition) is 3. The number of hydrogen-bond acceptors (Lipinski definition) is 7. The van der Waals surface area contributed by atoms with E-state index in [1.165, 1.54) is 0 Å². The minimum atomic E-state index is -1.02. The van der Waals surface area contributed by atoms with Gasteiger partial charge in [0.25, 0.3) is 0 Å². The van der Waals surface area contributed by atoms with Crippen molar-refractivity contribution in [3.63, 3.8) is 0 Å². The van der Waals surface area contributed by atoms with Crippen LogP contribution < -0.4 is 10.1 Å². The molecule has 1 heterocycles. The van der Waals surface area contributed by atoms with E-state index >= 15 is 0 Å². The molecule has 2 fully saturated rings. The van der Waals surface area contributed by atoms with E-state index in [-0.39, 0.29) is 0 Å². The lowest BCUT2D eigenvalue weighted by Crippen LogP contribution is -2.55. The molecular weight excluding hydrogens is 402 g/mol. The van der Waals surface area contributed by atoms with Crippen molar-refractivity contribution in [2.45, 2.75) is 76.1 Å². The van der Waals surface area contributed by atoms with Crippen LogP contribution >= 0.6 is 0 Å². The minimum Gasteiger partial charge on any atom is -0.497 e. The average Bonchev–Trinajstić information content (AvgIpc) is 3.16. The van der Waals surface area contributed by atoms with Gasteiger partial charge in [0.05, 0.1) is 38.6 Å². The zero-order valence-corrected chi connectivity index (χ0v) is 18.8. The van der Waals surface area contributed by atoms with Gasteiger partial charge in [-0.3, -0.25) is 0 Å². The molecule has 1 saturated carbocycles. The molecule has 8 heteroatoms. The second-order valence-corrected chi connectivity index (χ2v) is 9.38. The van der Waals surface area contributed by atoms with Gasteiger partial charge in [-0.25, -0.2) is 4.79 Å². The fourth-order valence-corrected chi connectivity index (χ4v) is 4.32. The van der Waals surface area contributed by atoms with E-state index < -0.39 is 41.6 Å². The second kappa shape index (κ2) is 9.73. The molecule has 3 rings (SSSR count). The number of ether oxygens (including phenoxy) is 4. The van der Waals surface area contributed by atoms with Crippen LogP contribution in [0.25, 0.3) is 0 Å². The summed E-state index contributed by atoms with van der Waals surface area (Å²) >= 11 is 0. The largest absolute Gasteiger partial charge is 0.497 e. The van der Waals surface area contributed by atoms with Crippen LogP contribution in [0.3, 0.4) is 0 Å². The van der Waals surface area contributed by atoms with Gasteiger partial charge in [0.2, 0.25) is 0 Å². The van der Waals surface area contributed by atoms with Crippen LogP contribution in [0.15, 0.2) is 24.3 Å². The summed E-state index contributed by atoms with van der Waals surface area (Å²) in [5.74, 6) is -0.548. The zero-order chi connectivity index (χ0) is 22.6. The summed E-state index contributed by atoms with van der Waals surface area (Å²) in [5.41, 5.74) is 0.244. The molecule has 1 spiro atoms. The smallest absolute Gasteiger partial charge is 0.407 e. The number of aliphatic hydroxyl groups excluding tert-OH is 2. The number of rotatable bonds is 6. The number of benzene rings is 1. The van der Waals surface area contributed by atoms with Gasteiger partial charge in [-0.2, -0.15) is 0 Å². The minimum absolute atomic E-state index is 0.363. The molecular formula is C23H35NO7. The Bertz CT molecular complexity index is 724. The maximum Gasteiger partial charge on any atom is 0.407 e. The van der Waals surface area contributed by atoms with Crippen LogP contribution in [0.1, 0.15) is 45.6 Å². The summed E-state index contributed by atoms with van der Waals surface area (Å²) < 4.78 is 22.2. The van der Waals surface area contributed by atoms with Crippen molar-refractivity contribution in [1.29, 1.82) is 0 Å². The van der Waals surface area contributed by atoms with Gasteiger partial charge in [-0.1, -0.05) is 12.1 Å². The molecule has 0 unspecified atom stereocenters. The SMILES string of the molecule is COc1ccc(C[C@H](NC(=O)OC(C)(C)C)[C@@H](O)[C@H]2CC3(CC[C@@H]2O)OCCO3)cc1. The molecule has 31 heavy (non-hydrogen) atoms. The topological polar surface area (TPSA) is 106 Å². The highest BCUT2D eigenvalue weighted by Crippen LogP contribution is 2.41. The Balaban J connectivity index is 1.78. The van der Waals surface area contributed by atoms with E-state index in [0.717, 1.165) is 11.3 Å². The van der Waals surface area contributed by atoms with Gasteiger partial charge >= 0.3 is 6.09 Å². The first-order valence-corrected chi connectivity index (χ1v) is 10.9. The van der Waals surface area contributed by atoms with Gasteiger partial charge in [-0.15, -0.1) is 0 Å². The molecule has 1 amide bonds. The van der Waals surface area contributed by atoms with Crippen LogP contribution in [0.4, 0.5) is 4.79 Å². The maximum absolute atomic E-state index is 12.5. The molecule has 0 bridgehead atoms. The molecule has 2 aliphatic rings. The highest BCUT2D eigenvalue weighted by Gasteiger charge is 2.48. The lowest BCUT2D eigenvalue weighted by molar-refractivity contribution is -0.213.